The number of hydrogen-bond acceptors (Lipinski definition) is 4. The van der Waals surface area contributed by atoms with Crippen molar-refractivity contribution in [2.75, 3.05) is 18.0 Å². The highest BCUT2D eigenvalue weighted by molar-refractivity contribution is 5.89. The summed E-state index contributed by atoms with van der Waals surface area (Å²) in [6, 6.07) is 13.8. The average molecular weight is 304 g/mol. The lowest BCUT2D eigenvalue weighted by atomic mass is 10.2. The van der Waals surface area contributed by atoms with Crippen LogP contribution in [0.4, 0.5) is 5.88 Å². The third-order valence-electron chi connectivity index (χ3n) is 4.08. The van der Waals surface area contributed by atoms with E-state index in [4.69, 9.17) is 4.42 Å². The Morgan fingerprint density at radius 1 is 1.22 bits per heavy atom. The van der Waals surface area contributed by atoms with E-state index in [0.29, 0.717) is 17.2 Å². The Morgan fingerprint density at radius 2 is 2.04 bits per heavy atom. The molecule has 1 fully saturated rings. The van der Waals surface area contributed by atoms with Gasteiger partial charge in [0, 0.05) is 25.2 Å². The topological polar surface area (TPSA) is 68.8 Å². The first-order valence-electron chi connectivity index (χ1n) is 7.75. The zero-order valence-electron chi connectivity index (χ0n) is 12.6. The fraction of sp³-hybridized carbons (Fsp3) is 0.222. The van der Waals surface area contributed by atoms with Crippen molar-refractivity contribution in [1.29, 1.82) is 5.26 Å². The smallest absolute Gasteiger partial charge is 0.196 e. The molecule has 2 aromatic heterocycles. The summed E-state index contributed by atoms with van der Waals surface area (Å²) >= 11 is 0. The molecule has 0 bridgehead atoms. The maximum Gasteiger partial charge on any atom is 0.196 e. The van der Waals surface area contributed by atoms with Crippen LogP contribution in [0.5, 0.6) is 0 Å². The van der Waals surface area contributed by atoms with Crippen LogP contribution in [0.3, 0.4) is 0 Å². The highest BCUT2D eigenvalue weighted by Gasteiger charge is 2.16. The van der Waals surface area contributed by atoms with Crippen molar-refractivity contribution in [1.82, 2.24) is 9.97 Å². The summed E-state index contributed by atoms with van der Waals surface area (Å²) in [6.07, 6.45) is 4.14. The minimum absolute atomic E-state index is 0.462. The molecule has 0 aliphatic carbocycles. The van der Waals surface area contributed by atoms with Crippen molar-refractivity contribution in [3.63, 3.8) is 0 Å². The number of aromatic nitrogens is 2. The van der Waals surface area contributed by atoms with Crippen LogP contribution < -0.4 is 4.90 Å². The zero-order valence-corrected chi connectivity index (χ0v) is 12.6. The van der Waals surface area contributed by atoms with E-state index in [0.717, 1.165) is 30.0 Å². The molecule has 1 aromatic carbocycles. The van der Waals surface area contributed by atoms with Gasteiger partial charge in [0.15, 0.2) is 5.88 Å². The number of rotatable bonds is 3. The molecule has 0 saturated carbocycles. The Kier molecular flexibility index (Phi) is 3.35. The number of hydrogen-bond donors (Lipinski definition) is 1. The molecule has 5 nitrogen and oxygen atoms in total. The maximum atomic E-state index is 9.45. The number of furan rings is 1. The minimum atomic E-state index is 0.462. The molecule has 1 aliphatic heterocycles. The molecule has 1 aliphatic rings. The molecule has 4 rings (SSSR count). The van der Waals surface area contributed by atoms with Gasteiger partial charge in [-0.25, -0.2) is 4.98 Å². The van der Waals surface area contributed by atoms with E-state index in [-0.39, 0.29) is 0 Å². The summed E-state index contributed by atoms with van der Waals surface area (Å²) in [7, 11) is 0. The molecule has 3 heterocycles. The Labute approximate surface area is 133 Å². The number of nitrogens with zero attached hydrogens (tertiary/aromatic N) is 3. The van der Waals surface area contributed by atoms with Crippen molar-refractivity contribution in [3.05, 3.63) is 48.0 Å². The number of para-hydroxylation sites is 2. The molecule has 1 N–H and O–H groups in total. The first kappa shape index (κ1) is 13.6. The second-order valence-electron chi connectivity index (χ2n) is 5.64. The Bertz CT molecular complexity index is 873. The maximum absolute atomic E-state index is 9.45. The zero-order chi connectivity index (χ0) is 15.6. The summed E-state index contributed by atoms with van der Waals surface area (Å²) in [5.41, 5.74) is 2.23. The van der Waals surface area contributed by atoms with E-state index in [1.54, 1.807) is 6.08 Å². The second-order valence-corrected chi connectivity index (χ2v) is 5.64. The number of anilines is 1. The predicted molar refractivity (Wildman–Crippen MR) is 89.7 cm³/mol. The van der Waals surface area contributed by atoms with Crippen LogP contribution in [0.15, 0.2) is 40.8 Å². The lowest BCUT2D eigenvalue weighted by Crippen LogP contribution is -2.16. The largest absolute Gasteiger partial charge is 0.441 e. The Balaban J connectivity index is 1.66. The normalized spacial score (nSPS) is 15.3. The monoisotopic (exact) mass is 304 g/mol. The van der Waals surface area contributed by atoms with Crippen molar-refractivity contribution >= 4 is 28.6 Å². The van der Waals surface area contributed by atoms with Crippen LogP contribution in [-0.4, -0.2) is 23.1 Å². The molecule has 114 valence electrons. The van der Waals surface area contributed by atoms with Crippen LogP contribution in [0.1, 0.15) is 24.4 Å². The van der Waals surface area contributed by atoms with E-state index in [9.17, 15) is 5.26 Å². The van der Waals surface area contributed by atoms with Crippen molar-refractivity contribution in [2.45, 2.75) is 12.8 Å². The average Bonchev–Trinajstić information content (AvgIpc) is 3.30. The number of allylic oxidation sites excluding steroid dienone is 1. The van der Waals surface area contributed by atoms with Crippen molar-refractivity contribution < 1.29 is 4.42 Å². The fourth-order valence-corrected chi connectivity index (χ4v) is 2.90. The molecule has 3 aromatic rings. The Morgan fingerprint density at radius 3 is 2.83 bits per heavy atom. The van der Waals surface area contributed by atoms with Crippen LogP contribution >= 0.6 is 0 Å². The van der Waals surface area contributed by atoms with E-state index in [1.165, 1.54) is 12.8 Å². The van der Waals surface area contributed by atoms with Crippen molar-refractivity contribution in [2.24, 2.45) is 0 Å². The van der Waals surface area contributed by atoms with Gasteiger partial charge in [0.2, 0.25) is 0 Å². The summed E-state index contributed by atoms with van der Waals surface area (Å²) < 4.78 is 5.85. The van der Waals surface area contributed by atoms with E-state index >= 15 is 0 Å². The van der Waals surface area contributed by atoms with Gasteiger partial charge < -0.3 is 14.3 Å². The molecule has 0 radical (unpaired) electrons. The van der Waals surface area contributed by atoms with Gasteiger partial charge in [-0.3, -0.25) is 0 Å². The number of benzene rings is 1. The van der Waals surface area contributed by atoms with Gasteiger partial charge in [0.25, 0.3) is 0 Å². The molecule has 23 heavy (non-hydrogen) atoms. The van der Waals surface area contributed by atoms with Gasteiger partial charge in [0.05, 0.1) is 16.6 Å². The standard InChI is InChI=1S/C18H16N4O/c19-12-13(18-20-15-5-1-2-6-16(15)21-18)11-14-7-8-17(23-14)22-9-3-4-10-22/h1-2,5-8,11H,3-4,9-10H2,(H,20,21)/b13-11+. The highest BCUT2D eigenvalue weighted by Crippen LogP contribution is 2.25. The van der Waals surface area contributed by atoms with Crippen LogP contribution in [0, 0.1) is 11.3 Å². The lowest BCUT2D eigenvalue weighted by Gasteiger charge is -2.12. The van der Waals surface area contributed by atoms with Crippen LogP contribution in [-0.2, 0) is 0 Å². The van der Waals surface area contributed by atoms with Gasteiger partial charge in [-0.05, 0) is 31.0 Å². The number of nitrogens with one attached hydrogen (secondary N) is 1. The number of fused-ring (bicyclic) bond motifs is 1. The molecule has 0 atom stereocenters. The van der Waals surface area contributed by atoms with E-state index in [2.05, 4.69) is 20.9 Å². The minimum Gasteiger partial charge on any atom is -0.441 e. The Hall–Kier alpha value is -3.00. The van der Waals surface area contributed by atoms with Gasteiger partial charge in [-0.2, -0.15) is 5.26 Å². The van der Waals surface area contributed by atoms with Gasteiger partial charge >= 0.3 is 0 Å². The van der Waals surface area contributed by atoms with E-state index < -0.39 is 0 Å². The third kappa shape index (κ3) is 2.59. The van der Waals surface area contributed by atoms with Gasteiger partial charge in [-0.15, -0.1) is 0 Å². The number of imidazole rings is 1. The summed E-state index contributed by atoms with van der Waals surface area (Å²) in [5.74, 6) is 2.10. The molecular weight excluding hydrogens is 288 g/mol. The number of nitriles is 1. The van der Waals surface area contributed by atoms with E-state index in [1.807, 2.05) is 36.4 Å². The second kappa shape index (κ2) is 5.65. The van der Waals surface area contributed by atoms with Crippen molar-refractivity contribution in [3.8, 4) is 6.07 Å². The lowest BCUT2D eigenvalue weighted by molar-refractivity contribution is 0.548. The predicted octanol–water partition coefficient (Wildman–Crippen LogP) is 3.82. The fourth-order valence-electron chi connectivity index (χ4n) is 2.90. The quantitative estimate of drug-likeness (QED) is 0.747. The molecule has 0 amide bonds. The van der Waals surface area contributed by atoms with Gasteiger partial charge in [0.1, 0.15) is 17.7 Å². The molecule has 1 saturated heterocycles. The first-order chi connectivity index (χ1) is 11.3. The molecule has 0 spiro atoms. The third-order valence-corrected chi connectivity index (χ3v) is 4.08. The molecule has 5 heteroatoms. The number of H-pyrrole nitrogens is 1. The summed E-state index contributed by atoms with van der Waals surface area (Å²) in [5, 5.41) is 9.45. The van der Waals surface area contributed by atoms with Crippen LogP contribution in [0.2, 0.25) is 0 Å². The van der Waals surface area contributed by atoms with Gasteiger partial charge in [-0.1, -0.05) is 12.1 Å². The first-order valence-corrected chi connectivity index (χ1v) is 7.75. The summed E-state index contributed by atoms with van der Waals surface area (Å²) in [6.45, 7) is 2.07. The number of aromatic amines is 1. The summed E-state index contributed by atoms with van der Waals surface area (Å²) in [4.78, 5) is 9.87. The molecule has 0 unspecified atom stereocenters. The van der Waals surface area contributed by atoms with Crippen LogP contribution in [0.25, 0.3) is 22.7 Å². The molecular formula is C18H16N4O. The highest BCUT2D eigenvalue weighted by atomic mass is 16.4. The SMILES string of the molecule is N#C/C(=C\c1ccc(N2CCCC2)o1)c1nc2ccccc2[nH]1.